The smallest absolute Gasteiger partial charge is 0.151 e. The van der Waals surface area contributed by atoms with E-state index in [-0.39, 0.29) is 5.82 Å². The Kier molecular flexibility index (Phi) is 4.01. The number of rotatable bonds is 3. The Balaban J connectivity index is 2.04. The van der Waals surface area contributed by atoms with Gasteiger partial charge in [0.15, 0.2) is 5.82 Å². The van der Waals surface area contributed by atoms with Gasteiger partial charge in [0.05, 0.1) is 5.52 Å². The third kappa shape index (κ3) is 2.86. The predicted molar refractivity (Wildman–Crippen MR) is 100 cm³/mol. The first-order valence-corrected chi connectivity index (χ1v) is 8.13. The topological polar surface area (TPSA) is 54.8 Å². The highest BCUT2D eigenvalue weighted by molar-refractivity contribution is 5.96. The molecule has 0 atom stereocenters. The molecule has 0 saturated heterocycles. The molecule has 0 aliphatic rings. The molecule has 128 valence electrons. The van der Waals surface area contributed by atoms with Crippen LogP contribution in [0.15, 0.2) is 61.1 Å². The van der Waals surface area contributed by atoms with Crippen LogP contribution in [0.2, 0.25) is 0 Å². The van der Waals surface area contributed by atoms with Gasteiger partial charge in [0.2, 0.25) is 0 Å². The van der Waals surface area contributed by atoms with Crippen molar-refractivity contribution in [2.24, 2.45) is 0 Å². The first-order chi connectivity index (χ1) is 12.6. The van der Waals surface area contributed by atoms with Crippen molar-refractivity contribution in [3.8, 4) is 22.4 Å². The van der Waals surface area contributed by atoms with E-state index in [4.69, 9.17) is 0 Å². The van der Waals surface area contributed by atoms with E-state index in [0.717, 1.165) is 16.5 Å². The van der Waals surface area contributed by atoms with Gasteiger partial charge >= 0.3 is 0 Å². The lowest BCUT2D eigenvalue weighted by Gasteiger charge is -2.15. The third-order valence-corrected chi connectivity index (χ3v) is 4.16. The summed E-state index contributed by atoms with van der Waals surface area (Å²) in [5.41, 5.74) is 3.68. The van der Waals surface area contributed by atoms with Crippen LogP contribution >= 0.6 is 0 Å². The third-order valence-electron chi connectivity index (χ3n) is 4.16. The minimum absolute atomic E-state index is 0.334. The fraction of sp³-hybridized carbons (Fsp3) is 0.100. The van der Waals surface area contributed by atoms with Gasteiger partial charge in [0.1, 0.15) is 11.5 Å². The summed E-state index contributed by atoms with van der Waals surface area (Å²) in [4.78, 5) is 10.4. The van der Waals surface area contributed by atoms with Crippen molar-refractivity contribution in [3.05, 3.63) is 66.9 Å². The molecule has 1 aromatic carbocycles. The molecule has 0 unspecified atom stereocenters. The van der Waals surface area contributed by atoms with Crippen molar-refractivity contribution < 1.29 is 4.39 Å². The summed E-state index contributed by atoms with van der Waals surface area (Å²) < 4.78 is 14.2. The number of aromatic nitrogens is 4. The SMILES string of the molecule is CN(C)c1cc(-c2ccncc2)c(-c2cc(F)cc3cccnc23)nn1. The second kappa shape index (κ2) is 6.48. The lowest BCUT2D eigenvalue weighted by molar-refractivity contribution is 0.630. The average molecular weight is 345 g/mol. The Morgan fingerprint density at radius 2 is 1.69 bits per heavy atom. The molecule has 26 heavy (non-hydrogen) atoms. The largest absolute Gasteiger partial charge is 0.361 e. The maximum atomic E-state index is 14.2. The van der Waals surface area contributed by atoms with Crippen LogP contribution in [-0.2, 0) is 0 Å². The molecule has 0 spiro atoms. The summed E-state index contributed by atoms with van der Waals surface area (Å²) in [6, 6.07) is 12.3. The second-order valence-corrected chi connectivity index (χ2v) is 6.12. The van der Waals surface area contributed by atoms with Gasteiger partial charge in [-0.25, -0.2) is 4.39 Å². The standard InChI is InChI=1S/C20H16FN5/c1-26(2)18-12-16(13-5-8-22-9-6-13)20(25-24-18)17-11-15(21)10-14-4-3-7-23-19(14)17/h3-12H,1-2H3. The van der Waals surface area contributed by atoms with Gasteiger partial charge in [-0.15, -0.1) is 10.2 Å². The fourth-order valence-corrected chi connectivity index (χ4v) is 2.89. The minimum atomic E-state index is -0.334. The highest BCUT2D eigenvalue weighted by Gasteiger charge is 2.16. The van der Waals surface area contributed by atoms with Gasteiger partial charge in [-0.2, -0.15) is 0 Å². The molecule has 0 aliphatic heterocycles. The van der Waals surface area contributed by atoms with Gasteiger partial charge in [-0.3, -0.25) is 9.97 Å². The van der Waals surface area contributed by atoms with E-state index >= 15 is 0 Å². The molecule has 3 heterocycles. The molecule has 0 N–H and O–H groups in total. The van der Waals surface area contributed by atoms with Gasteiger partial charge in [0.25, 0.3) is 0 Å². The summed E-state index contributed by atoms with van der Waals surface area (Å²) in [5, 5.41) is 9.43. The van der Waals surface area contributed by atoms with Gasteiger partial charge in [-0.05, 0) is 42.0 Å². The minimum Gasteiger partial charge on any atom is -0.361 e. The Labute approximate surface area is 150 Å². The van der Waals surface area contributed by atoms with E-state index in [0.29, 0.717) is 22.6 Å². The van der Waals surface area contributed by atoms with Crippen LogP contribution in [0, 0.1) is 5.82 Å². The zero-order chi connectivity index (χ0) is 18.1. The molecule has 3 aromatic heterocycles. The van der Waals surface area contributed by atoms with Crippen LogP contribution in [0.4, 0.5) is 10.2 Å². The number of hydrogen-bond acceptors (Lipinski definition) is 5. The molecular weight excluding hydrogens is 329 g/mol. The normalized spacial score (nSPS) is 10.9. The van der Waals surface area contributed by atoms with Crippen molar-refractivity contribution >= 4 is 16.7 Å². The van der Waals surface area contributed by atoms with Gasteiger partial charge in [-0.1, -0.05) is 6.07 Å². The highest BCUT2D eigenvalue weighted by atomic mass is 19.1. The van der Waals surface area contributed by atoms with Crippen molar-refractivity contribution in [1.82, 2.24) is 20.2 Å². The Morgan fingerprint density at radius 1 is 0.885 bits per heavy atom. The van der Waals surface area contributed by atoms with Crippen molar-refractivity contribution in [2.45, 2.75) is 0 Å². The van der Waals surface area contributed by atoms with Crippen LogP contribution in [0.5, 0.6) is 0 Å². The second-order valence-electron chi connectivity index (χ2n) is 6.12. The zero-order valence-electron chi connectivity index (χ0n) is 14.4. The van der Waals surface area contributed by atoms with Crippen LogP contribution in [0.3, 0.4) is 0 Å². The molecule has 4 aromatic rings. The molecule has 6 heteroatoms. The molecule has 4 rings (SSSR count). The number of fused-ring (bicyclic) bond motifs is 1. The Hall–Kier alpha value is -3.41. The zero-order valence-corrected chi connectivity index (χ0v) is 14.4. The van der Waals surface area contributed by atoms with E-state index < -0.39 is 0 Å². The van der Waals surface area contributed by atoms with E-state index in [1.807, 2.05) is 43.3 Å². The molecule has 5 nitrogen and oxygen atoms in total. The summed E-state index contributed by atoms with van der Waals surface area (Å²) in [5.74, 6) is 0.383. The maximum Gasteiger partial charge on any atom is 0.151 e. The number of pyridine rings is 2. The fourth-order valence-electron chi connectivity index (χ4n) is 2.89. The summed E-state index contributed by atoms with van der Waals surface area (Å²) in [7, 11) is 3.80. The number of nitrogens with zero attached hydrogens (tertiary/aromatic N) is 5. The lowest BCUT2D eigenvalue weighted by atomic mass is 9.98. The highest BCUT2D eigenvalue weighted by Crippen LogP contribution is 2.35. The number of benzene rings is 1. The van der Waals surface area contributed by atoms with Crippen molar-refractivity contribution in [1.29, 1.82) is 0 Å². The molecule has 0 fully saturated rings. The number of halogens is 1. The molecule has 0 aliphatic carbocycles. The molecule has 0 saturated carbocycles. The number of hydrogen-bond donors (Lipinski definition) is 0. The molecule has 0 radical (unpaired) electrons. The quantitative estimate of drug-likeness (QED) is 0.562. The van der Waals surface area contributed by atoms with E-state index in [9.17, 15) is 4.39 Å². The average Bonchev–Trinajstić information content (AvgIpc) is 2.67. The van der Waals surface area contributed by atoms with Crippen LogP contribution in [0.1, 0.15) is 0 Å². The lowest BCUT2D eigenvalue weighted by Crippen LogP contribution is -2.12. The van der Waals surface area contributed by atoms with Gasteiger partial charge < -0.3 is 4.90 Å². The van der Waals surface area contributed by atoms with Crippen LogP contribution in [0.25, 0.3) is 33.3 Å². The van der Waals surface area contributed by atoms with Gasteiger partial charge in [0, 0.05) is 49.2 Å². The maximum absolute atomic E-state index is 14.2. The Bertz CT molecular complexity index is 1080. The number of anilines is 1. The van der Waals surface area contributed by atoms with Crippen molar-refractivity contribution in [2.75, 3.05) is 19.0 Å². The van der Waals surface area contributed by atoms with E-state index in [2.05, 4.69) is 20.2 Å². The first-order valence-electron chi connectivity index (χ1n) is 8.13. The van der Waals surface area contributed by atoms with Crippen LogP contribution in [-0.4, -0.2) is 34.3 Å². The summed E-state index contributed by atoms with van der Waals surface area (Å²) in [6.45, 7) is 0. The molecule has 0 amide bonds. The van der Waals surface area contributed by atoms with E-state index in [1.54, 1.807) is 24.7 Å². The monoisotopic (exact) mass is 345 g/mol. The molecule has 0 bridgehead atoms. The summed E-state index contributed by atoms with van der Waals surface area (Å²) >= 11 is 0. The van der Waals surface area contributed by atoms with E-state index in [1.165, 1.54) is 12.1 Å². The predicted octanol–water partition coefficient (Wildman–Crippen LogP) is 3.96. The van der Waals surface area contributed by atoms with Crippen LogP contribution < -0.4 is 4.90 Å². The van der Waals surface area contributed by atoms with Crippen molar-refractivity contribution in [3.63, 3.8) is 0 Å². The Morgan fingerprint density at radius 3 is 2.46 bits per heavy atom. The summed E-state index contributed by atoms with van der Waals surface area (Å²) in [6.07, 6.45) is 5.13. The molecular formula is C20H16FN5. The first kappa shape index (κ1) is 16.1.